The van der Waals surface area contributed by atoms with Gasteiger partial charge in [0.15, 0.2) is 5.82 Å². The van der Waals surface area contributed by atoms with E-state index in [-0.39, 0.29) is 12.6 Å². The molecule has 2 heterocycles. The van der Waals surface area contributed by atoms with Crippen LogP contribution in [0.5, 0.6) is 0 Å². The Labute approximate surface area is 125 Å². The molecular weight excluding hydrogens is 266 g/mol. The van der Waals surface area contributed by atoms with E-state index < -0.39 is 0 Å². The van der Waals surface area contributed by atoms with Gasteiger partial charge in [0.25, 0.3) is 0 Å². The van der Waals surface area contributed by atoms with Gasteiger partial charge in [0.2, 0.25) is 0 Å². The maximum Gasteiger partial charge on any atom is 0.171 e. The second-order valence-corrected chi connectivity index (χ2v) is 6.10. The van der Waals surface area contributed by atoms with Gasteiger partial charge in [-0.1, -0.05) is 19.3 Å². The molecule has 2 aliphatic rings. The molecule has 1 aromatic rings. The lowest BCUT2D eigenvalue weighted by atomic mass is 9.96. The summed E-state index contributed by atoms with van der Waals surface area (Å²) in [6, 6.07) is 2.59. The van der Waals surface area contributed by atoms with Crippen molar-refractivity contribution in [2.24, 2.45) is 0 Å². The Morgan fingerprint density at radius 2 is 2.00 bits per heavy atom. The SMILES string of the molecule is N#Cc1c(N2CCCC2CO)nn(C2CCCCC2)c1N. The van der Waals surface area contributed by atoms with E-state index in [1.807, 2.05) is 9.58 Å². The third-order valence-corrected chi connectivity index (χ3v) is 4.82. The second-order valence-electron chi connectivity index (χ2n) is 6.10. The minimum Gasteiger partial charge on any atom is -0.394 e. The molecule has 21 heavy (non-hydrogen) atoms. The summed E-state index contributed by atoms with van der Waals surface area (Å²) in [5.74, 6) is 1.15. The first-order valence-electron chi connectivity index (χ1n) is 7.91. The quantitative estimate of drug-likeness (QED) is 0.885. The predicted molar refractivity (Wildman–Crippen MR) is 80.9 cm³/mol. The zero-order valence-corrected chi connectivity index (χ0v) is 12.3. The predicted octanol–water partition coefficient (Wildman–Crippen LogP) is 1.80. The van der Waals surface area contributed by atoms with Crippen molar-refractivity contribution in [3.05, 3.63) is 5.56 Å². The molecule has 3 rings (SSSR count). The smallest absolute Gasteiger partial charge is 0.171 e. The summed E-state index contributed by atoms with van der Waals surface area (Å²) in [6.45, 7) is 0.933. The van der Waals surface area contributed by atoms with E-state index in [1.165, 1.54) is 19.3 Å². The van der Waals surface area contributed by atoms with E-state index in [4.69, 9.17) is 5.73 Å². The van der Waals surface area contributed by atoms with Crippen molar-refractivity contribution in [3.8, 4) is 6.07 Å². The van der Waals surface area contributed by atoms with Gasteiger partial charge in [-0.15, -0.1) is 0 Å². The van der Waals surface area contributed by atoms with Crippen LogP contribution < -0.4 is 10.6 Å². The molecule has 6 heteroatoms. The lowest BCUT2D eigenvalue weighted by Crippen LogP contribution is -2.33. The summed E-state index contributed by atoms with van der Waals surface area (Å²) in [7, 11) is 0. The van der Waals surface area contributed by atoms with Crippen molar-refractivity contribution in [3.63, 3.8) is 0 Å². The molecule has 1 saturated heterocycles. The van der Waals surface area contributed by atoms with Crippen LogP contribution in [0, 0.1) is 11.3 Å². The standard InChI is InChI=1S/C15H23N5O/c16-9-13-14(17)20(11-5-2-1-3-6-11)18-15(13)19-8-4-7-12(19)10-21/h11-12,21H,1-8,10,17H2. The van der Waals surface area contributed by atoms with Gasteiger partial charge < -0.3 is 15.7 Å². The monoisotopic (exact) mass is 289 g/mol. The fourth-order valence-electron chi connectivity index (χ4n) is 3.65. The number of anilines is 2. The topological polar surface area (TPSA) is 91.1 Å². The first-order chi connectivity index (χ1) is 10.3. The Kier molecular flexibility index (Phi) is 4.02. The van der Waals surface area contributed by atoms with E-state index in [9.17, 15) is 10.4 Å². The Balaban J connectivity index is 1.95. The molecule has 0 radical (unpaired) electrons. The summed E-state index contributed by atoms with van der Waals surface area (Å²) in [6.07, 6.45) is 7.80. The van der Waals surface area contributed by atoms with E-state index in [0.717, 1.165) is 32.2 Å². The van der Waals surface area contributed by atoms with Crippen molar-refractivity contribution in [1.29, 1.82) is 5.26 Å². The maximum atomic E-state index is 9.50. The normalized spacial score (nSPS) is 23.4. The molecule has 114 valence electrons. The van der Waals surface area contributed by atoms with Crippen molar-refractivity contribution in [2.45, 2.75) is 57.0 Å². The van der Waals surface area contributed by atoms with Crippen LogP contribution in [0.3, 0.4) is 0 Å². The van der Waals surface area contributed by atoms with Crippen LogP contribution in [-0.2, 0) is 0 Å². The Bertz CT molecular complexity index is 541. The highest BCUT2D eigenvalue weighted by atomic mass is 16.3. The zero-order valence-electron chi connectivity index (χ0n) is 12.3. The van der Waals surface area contributed by atoms with Crippen LogP contribution in [0.4, 0.5) is 11.6 Å². The average Bonchev–Trinajstić information content (AvgIpc) is 3.11. The molecule has 0 amide bonds. The number of aliphatic hydroxyl groups is 1. The number of nitrogens with zero attached hydrogens (tertiary/aromatic N) is 4. The molecule has 1 atom stereocenters. The highest BCUT2D eigenvalue weighted by Crippen LogP contribution is 2.35. The molecule has 1 unspecified atom stereocenters. The molecule has 2 fully saturated rings. The van der Waals surface area contributed by atoms with Gasteiger partial charge in [-0.3, -0.25) is 0 Å². The summed E-state index contributed by atoms with van der Waals surface area (Å²) >= 11 is 0. The van der Waals surface area contributed by atoms with Crippen molar-refractivity contribution >= 4 is 11.6 Å². The van der Waals surface area contributed by atoms with Crippen LogP contribution >= 0.6 is 0 Å². The number of rotatable bonds is 3. The van der Waals surface area contributed by atoms with Gasteiger partial charge in [-0.2, -0.15) is 10.4 Å². The molecule has 0 bridgehead atoms. The summed E-state index contributed by atoms with van der Waals surface area (Å²) in [5, 5.41) is 23.6. The van der Waals surface area contributed by atoms with Crippen LogP contribution in [-0.4, -0.2) is 34.1 Å². The van der Waals surface area contributed by atoms with E-state index in [0.29, 0.717) is 23.2 Å². The summed E-state index contributed by atoms with van der Waals surface area (Å²) in [4.78, 5) is 2.05. The average molecular weight is 289 g/mol. The lowest BCUT2D eigenvalue weighted by Gasteiger charge is -2.24. The molecule has 0 aromatic carbocycles. The maximum absolute atomic E-state index is 9.50. The number of nitrogen functional groups attached to an aromatic ring is 1. The largest absolute Gasteiger partial charge is 0.394 e. The van der Waals surface area contributed by atoms with E-state index in [1.54, 1.807) is 0 Å². The fourth-order valence-corrected chi connectivity index (χ4v) is 3.65. The van der Waals surface area contributed by atoms with Gasteiger partial charge in [-0.05, 0) is 25.7 Å². The van der Waals surface area contributed by atoms with E-state index >= 15 is 0 Å². The van der Waals surface area contributed by atoms with Crippen LogP contribution in [0.25, 0.3) is 0 Å². The number of hydrogen-bond acceptors (Lipinski definition) is 5. The molecular formula is C15H23N5O. The van der Waals surface area contributed by atoms with Gasteiger partial charge in [0.05, 0.1) is 18.7 Å². The van der Waals surface area contributed by atoms with Crippen molar-refractivity contribution < 1.29 is 5.11 Å². The third kappa shape index (κ3) is 2.46. The van der Waals surface area contributed by atoms with Gasteiger partial charge in [0, 0.05) is 6.54 Å². The Hall–Kier alpha value is -1.74. The molecule has 1 saturated carbocycles. The number of aromatic nitrogens is 2. The number of hydrogen-bond donors (Lipinski definition) is 2. The molecule has 1 aliphatic carbocycles. The summed E-state index contributed by atoms with van der Waals surface area (Å²) in [5.41, 5.74) is 6.66. The second kappa shape index (κ2) is 5.94. The van der Waals surface area contributed by atoms with Crippen molar-refractivity contribution in [1.82, 2.24) is 9.78 Å². The van der Waals surface area contributed by atoms with Crippen LogP contribution in [0.1, 0.15) is 56.6 Å². The minimum absolute atomic E-state index is 0.0613. The zero-order chi connectivity index (χ0) is 14.8. The Morgan fingerprint density at radius 1 is 1.24 bits per heavy atom. The molecule has 1 aromatic heterocycles. The van der Waals surface area contributed by atoms with E-state index in [2.05, 4.69) is 11.2 Å². The molecule has 3 N–H and O–H groups in total. The molecule has 0 spiro atoms. The van der Waals surface area contributed by atoms with Gasteiger partial charge in [0.1, 0.15) is 17.5 Å². The highest BCUT2D eigenvalue weighted by Gasteiger charge is 2.31. The van der Waals surface area contributed by atoms with Crippen LogP contribution in [0.15, 0.2) is 0 Å². The first kappa shape index (κ1) is 14.2. The number of aliphatic hydroxyl groups excluding tert-OH is 1. The van der Waals surface area contributed by atoms with Crippen molar-refractivity contribution in [2.75, 3.05) is 23.8 Å². The first-order valence-corrected chi connectivity index (χ1v) is 7.91. The minimum atomic E-state index is 0.0613. The molecule has 6 nitrogen and oxygen atoms in total. The number of nitrogens with two attached hydrogens (primary N) is 1. The third-order valence-electron chi connectivity index (χ3n) is 4.82. The lowest BCUT2D eigenvalue weighted by molar-refractivity contribution is 0.265. The number of nitriles is 1. The Morgan fingerprint density at radius 3 is 2.67 bits per heavy atom. The fraction of sp³-hybridized carbons (Fsp3) is 0.733. The van der Waals surface area contributed by atoms with Gasteiger partial charge >= 0.3 is 0 Å². The summed E-state index contributed by atoms with van der Waals surface area (Å²) < 4.78 is 1.86. The van der Waals surface area contributed by atoms with Gasteiger partial charge in [-0.25, -0.2) is 4.68 Å². The highest BCUT2D eigenvalue weighted by molar-refractivity contribution is 5.65. The van der Waals surface area contributed by atoms with Crippen LogP contribution in [0.2, 0.25) is 0 Å². The molecule has 1 aliphatic heterocycles.